The summed E-state index contributed by atoms with van der Waals surface area (Å²) in [6.45, 7) is 0. The van der Waals surface area contributed by atoms with Crippen molar-refractivity contribution in [2.24, 2.45) is 0 Å². The molecule has 104 valence electrons. The molecule has 0 heterocycles. The molecule has 0 saturated carbocycles. The zero-order valence-corrected chi connectivity index (χ0v) is 10.9. The van der Waals surface area contributed by atoms with Crippen molar-refractivity contribution in [1.29, 1.82) is 0 Å². The molecule has 1 aromatic carbocycles. The van der Waals surface area contributed by atoms with E-state index in [4.69, 9.17) is 5.11 Å². The van der Waals surface area contributed by atoms with E-state index in [2.05, 4.69) is 4.74 Å². The fourth-order valence-corrected chi connectivity index (χ4v) is 2.40. The van der Waals surface area contributed by atoms with Crippen LogP contribution in [0.2, 0.25) is 0 Å². The topological polar surface area (TPSA) is 110 Å². The van der Waals surface area contributed by atoms with Gasteiger partial charge in [0.2, 0.25) is 10.0 Å². The fourth-order valence-electron chi connectivity index (χ4n) is 1.40. The van der Waals surface area contributed by atoms with Crippen LogP contribution in [0.1, 0.15) is 11.6 Å². The molecule has 0 aliphatic carbocycles. The molecule has 2 N–H and O–H groups in total. The Balaban J connectivity index is 3.01. The number of esters is 1. The number of benzene rings is 1. The van der Waals surface area contributed by atoms with E-state index in [0.29, 0.717) is 5.56 Å². The first-order valence-corrected chi connectivity index (χ1v) is 6.85. The van der Waals surface area contributed by atoms with Crippen LogP contribution in [0.5, 0.6) is 0 Å². The van der Waals surface area contributed by atoms with Crippen LogP contribution in [0.15, 0.2) is 30.3 Å². The normalized spacial score (nSPS) is 12.7. The lowest BCUT2D eigenvalue weighted by atomic mass is 10.1. The van der Waals surface area contributed by atoms with Gasteiger partial charge in [-0.3, -0.25) is 4.79 Å². The molecule has 0 saturated heterocycles. The number of hydrogen-bond donors (Lipinski definition) is 2. The second-order valence-electron chi connectivity index (χ2n) is 3.64. The molecule has 0 fully saturated rings. The number of carboxylic acids is 1. The van der Waals surface area contributed by atoms with Gasteiger partial charge in [-0.2, -0.15) is 4.72 Å². The molecular formula is C11H13NO6S. The molecule has 1 rings (SSSR count). The highest BCUT2D eigenvalue weighted by atomic mass is 32.2. The molecule has 1 unspecified atom stereocenters. The summed E-state index contributed by atoms with van der Waals surface area (Å²) < 4.78 is 29.6. The number of sulfonamides is 1. The average molecular weight is 287 g/mol. The van der Waals surface area contributed by atoms with Gasteiger partial charge in [0.1, 0.15) is 6.04 Å². The Kier molecular flexibility index (Phi) is 5.02. The van der Waals surface area contributed by atoms with Crippen molar-refractivity contribution in [1.82, 2.24) is 4.72 Å². The average Bonchev–Trinajstić information content (AvgIpc) is 2.34. The Hall–Kier alpha value is -1.93. The summed E-state index contributed by atoms with van der Waals surface area (Å²) in [4.78, 5) is 22.0. The molecule has 8 heteroatoms. The number of carbonyl (C=O) groups excluding carboxylic acids is 1. The summed E-state index contributed by atoms with van der Waals surface area (Å²) in [5, 5.41) is 8.49. The summed E-state index contributed by atoms with van der Waals surface area (Å²) >= 11 is 0. The van der Waals surface area contributed by atoms with Crippen LogP contribution < -0.4 is 4.72 Å². The van der Waals surface area contributed by atoms with Crippen molar-refractivity contribution in [3.05, 3.63) is 35.9 Å². The molecule has 19 heavy (non-hydrogen) atoms. The van der Waals surface area contributed by atoms with Gasteiger partial charge in [0.15, 0.2) is 5.75 Å². The third kappa shape index (κ3) is 4.68. The molecule has 0 amide bonds. The SMILES string of the molecule is COC(=O)C(NS(=O)(=O)CC(=O)O)c1ccccc1. The second kappa shape index (κ2) is 6.30. The predicted octanol–water partition coefficient (Wildman–Crippen LogP) is -0.0953. The fraction of sp³-hybridized carbons (Fsp3) is 0.273. The van der Waals surface area contributed by atoms with E-state index in [1.807, 2.05) is 4.72 Å². The van der Waals surface area contributed by atoms with Crippen molar-refractivity contribution >= 4 is 22.0 Å². The van der Waals surface area contributed by atoms with Gasteiger partial charge in [0.05, 0.1) is 7.11 Å². The van der Waals surface area contributed by atoms with Gasteiger partial charge in [0, 0.05) is 0 Å². The first-order chi connectivity index (χ1) is 8.85. The lowest BCUT2D eigenvalue weighted by Gasteiger charge is -2.16. The van der Waals surface area contributed by atoms with Crippen LogP contribution in [0.3, 0.4) is 0 Å². The van der Waals surface area contributed by atoms with Crippen LogP contribution in [-0.4, -0.2) is 38.3 Å². The van der Waals surface area contributed by atoms with Crippen LogP contribution in [0, 0.1) is 0 Å². The molecule has 0 bridgehead atoms. The Bertz CT molecular complexity index is 554. The first-order valence-electron chi connectivity index (χ1n) is 5.20. The maximum absolute atomic E-state index is 11.6. The van der Waals surface area contributed by atoms with Crippen LogP contribution in [0.4, 0.5) is 0 Å². The van der Waals surface area contributed by atoms with Gasteiger partial charge in [-0.05, 0) is 5.56 Å². The van der Waals surface area contributed by atoms with Crippen molar-refractivity contribution < 1.29 is 27.9 Å². The number of nitrogens with one attached hydrogen (secondary N) is 1. The van der Waals surface area contributed by atoms with E-state index >= 15 is 0 Å². The number of rotatable bonds is 6. The number of ether oxygens (including phenoxy) is 1. The Morgan fingerprint density at radius 2 is 1.89 bits per heavy atom. The number of hydrogen-bond acceptors (Lipinski definition) is 5. The summed E-state index contributed by atoms with van der Waals surface area (Å²) in [7, 11) is -3.02. The summed E-state index contributed by atoms with van der Waals surface area (Å²) in [6, 6.07) is 6.74. The predicted molar refractivity (Wildman–Crippen MR) is 65.8 cm³/mol. The minimum atomic E-state index is -4.13. The van der Waals surface area contributed by atoms with E-state index in [0.717, 1.165) is 7.11 Å². The van der Waals surface area contributed by atoms with E-state index in [-0.39, 0.29) is 0 Å². The lowest BCUT2D eigenvalue weighted by molar-refractivity contribution is -0.143. The number of carboxylic acid groups (broad SMARTS) is 1. The van der Waals surface area contributed by atoms with E-state index in [1.165, 1.54) is 12.1 Å². The molecule has 1 aromatic rings. The zero-order chi connectivity index (χ0) is 14.5. The molecule has 0 aliphatic rings. The quantitative estimate of drug-likeness (QED) is 0.707. The molecule has 1 atom stereocenters. The maximum atomic E-state index is 11.6. The lowest BCUT2D eigenvalue weighted by Crippen LogP contribution is -2.37. The van der Waals surface area contributed by atoms with Crippen molar-refractivity contribution in [2.45, 2.75) is 6.04 Å². The molecule has 0 radical (unpaired) electrons. The number of aliphatic carboxylic acids is 1. The Morgan fingerprint density at radius 3 is 2.37 bits per heavy atom. The van der Waals surface area contributed by atoms with Crippen molar-refractivity contribution in [3.8, 4) is 0 Å². The standard InChI is InChI=1S/C11H13NO6S/c1-18-11(15)10(8-5-3-2-4-6-8)12-19(16,17)7-9(13)14/h2-6,10,12H,7H2,1H3,(H,13,14). The highest BCUT2D eigenvalue weighted by molar-refractivity contribution is 7.90. The van der Waals surface area contributed by atoms with Gasteiger partial charge < -0.3 is 9.84 Å². The third-order valence-electron chi connectivity index (χ3n) is 2.18. The largest absolute Gasteiger partial charge is 0.480 e. The van der Waals surface area contributed by atoms with Crippen molar-refractivity contribution in [2.75, 3.05) is 12.9 Å². The minimum Gasteiger partial charge on any atom is -0.480 e. The number of carbonyl (C=O) groups is 2. The second-order valence-corrected chi connectivity index (χ2v) is 5.39. The van der Waals surface area contributed by atoms with E-state index in [1.54, 1.807) is 18.2 Å². The van der Waals surface area contributed by atoms with Crippen molar-refractivity contribution in [3.63, 3.8) is 0 Å². The smallest absolute Gasteiger partial charge is 0.328 e. The van der Waals surface area contributed by atoms with Gasteiger partial charge in [-0.25, -0.2) is 13.2 Å². The first kappa shape index (κ1) is 15.1. The maximum Gasteiger partial charge on any atom is 0.328 e. The molecule has 0 spiro atoms. The van der Waals surface area contributed by atoms with Crippen LogP contribution in [0.25, 0.3) is 0 Å². The highest BCUT2D eigenvalue weighted by Crippen LogP contribution is 2.15. The van der Waals surface area contributed by atoms with Gasteiger partial charge in [-0.1, -0.05) is 30.3 Å². The van der Waals surface area contributed by atoms with E-state index in [9.17, 15) is 18.0 Å². The molecule has 0 aliphatic heterocycles. The third-order valence-corrected chi connectivity index (χ3v) is 3.40. The van der Waals surface area contributed by atoms with Crippen LogP contribution in [-0.2, 0) is 24.3 Å². The Labute approximate surface area is 110 Å². The summed E-state index contributed by atoms with van der Waals surface area (Å²) in [5.41, 5.74) is 0.364. The zero-order valence-electron chi connectivity index (χ0n) is 10.1. The minimum absolute atomic E-state index is 0.364. The Morgan fingerprint density at radius 1 is 1.32 bits per heavy atom. The monoisotopic (exact) mass is 287 g/mol. The van der Waals surface area contributed by atoms with Gasteiger partial charge in [0.25, 0.3) is 0 Å². The van der Waals surface area contributed by atoms with Gasteiger partial charge >= 0.3 is 11.9 Å². The highest BCUT2D eigenvalue weighted by Gasteiger charge is 2.28. The number of methoxy groups -OCH3 is 1. The molecular weight excluding hydrogens is 274 g/mol. The summed E-state index contributed by atoms with van der Waals surface area (Å²) in [5.74, 6) is -3.45. The van der Waals surface area contributed by atoms with Crippen LogP contribution >= 0.6 is 0 Å². The summed E-state index contributed by atoms with van der Waals surface area (Å²) in [6.07, 6.45) is 0. The molecule has 7 nitrogen and oxygen atoms in total. The van der Waals surface area contributed by atoms with Gasteiger partial charge in [-0.15, -0.1) is 0 Å². The molecule has 0 aromatic heterocycles. The van der Waals surface area contributed by atoms with E-state index < -0.39 is 33.8 Å².